The third-order valence-electron chi connectivity index (χ3n) is 3.85. The van der Waals surface area contributed by atoms with Gasteiger partial charge >= 0.3 is 0 Å². The van der Waals surface area contributed by atoms with Crippen LogP contribution in [0.15, 0.2) is 53.5 Å². The van der Waals surface area contributed by atoms with Crippen LogP contribution in [0.5, 0.6) is 0 Å². The summed E-state index contributed by atoms with van der Waals surface area (Å²) in [6.45, 7) is 3.59. The molecule has 0 aliphatic carbocycles. The lowest BCUT2D eigenvalue weighted by atomic mass is 10.1. The molecule has 27 heavy (non-hydrogen) atoms. The molecule has 0 radical (unpaired) electrons. The second-order valence-electron chi connectivity index (χ2n) is 5.75. The Labute approximate surface area is 176 Å². The summed E-state index contributed by atoms with van der Waals surface area (Å²) in [7, 11) is 1.68. The third kappa shape index (κ3) is 7.54. The quantitative estimate of drug-likeness (QED) is 0.322. The zero-order valence-corrected chi connectivity index (χ0v) is 17.9. The van der Waals surface area contributed by atoms with Crippen LogP contribution in [0.4, 0.5) is 4.39 Å². The fraction of sp³-hybridized carbons (Fsp3) is 0.300. The summed E-state index contributed by atoms with van der Waals surface area (Å²) in [5, 5.41) is 9.15. The van der Waals surface area contributed by atoms with Gasteiger partial charge in [-0.05, 0) is 42.7 Å². The van der Waals surface area contributed by atoms with Crippen LogP contribution in [0.1, 0.15) is 28.4 Å². The Morgan fingerprint density at radius 3 is 2.56 bits per heavy atom. The SMILES string of the molecule is CCNC(=O)c1cccc(CNC(=NC)NCCc2ccccc2F)c1.I. The topological polar surface area (TPSA) is 65.5 Å². The van der Waals surface area contributed by atoms with E-state index in [4.69, 9.17) is 0 Å². The molecule has 0 aliphatic heterocycles. The van der Waals surface area contributed by atoms with Gasteiger partial charge in [-0.15, -0.1) is 24.0 Å². The summed E-state index contributed by atoms with van der Waals surface area (Å²) in [6.07, 6.45) is 0.569. The maximum atomic E-state index is 13.6. The monoisotopic (exact) mass is 484 g/mol. The van der Waals surface area contributed by atoms with Gasteiger partial charge in [0, 0.05) is 32.2 Å². The largest absolute Gasteiger partial charge is 0.356 e. The molecule has 0 spiro atoms. The molecule has 0 saturated carbocycles. The lowest BCUT2D eigenvalue weighted by Gasteiger charge is -2.13. The minimum atomic E-state index is -0.195. The Morgan fingerprint density at radius 1 is 1.07 bits per heavy atom. The third-order valence-corrected chi connectivity index (χ3v) is 3.85. The molecule has 2 aromatic carbocycles. The maximum Gasteiger partial charge on any atom is 0.251 e. The first kappa shape index (κ1) is 22.9. The van der Waals surface area contributed by atoms with E-state index in [1.54, 1.807) is 25.2 Å². The van der Waals surface area contributed by atoms with Crippen LogP contribution in [0, 0.1) is 5.82 Å². The van der Waals surface area contributed by atoms with Crippen molar-refractivity contribution in [2.24, 2.45) is 4.99 Å². The summed E-state index contributed by atoms with van der Waals surface area (Å²) in [5.41, 5.74) is 2.28. The molecule has 0 saturated heterocycles. The average Bonchev–Trinajstić information content (AvgIpc) is 2.66. The van der Waals surface area contributed by atoms with Crippen LogP contribution >= 0.6 is 24.0 Å². The van der Waals surface area contributed by atoms with Gasteiger partial charge in [-0.25, -0.2) is 4.39 Å². The summed E-state index contributed by atoms with van der Waals surface area (Å²) in [6, 6.07) is 14.2. The van der Waals surface area contributed by atoms with Crippen molar-refractivity contribution in [3.05, 3.63) is 71.0 Å². The fourth-order valence-corrected chi connectivity index (χ4v) is 2.51. The number of benzene rings is 2. The molecule has 1 amide bonds. The number of amides is 1. The van der Waals surface area contributed by atoms with E-state index in [1.165, 1.54) is 6.07 Å². The van der Waals surface area contributed by atoms with E-state index >= 15 is 0 Å². The number of rotatable bonds is 7. The second kappa shape index (κ2) is 12.3. The highest BCUT2D eigenvalue weighted by Gasteiger charge is 2.06. The van der Waals surface area contributed by atoms with Crippen molar-refractivity contribution in [2.45, 2.75) is 19.9 Å². The van der Waals surface area contributed by atoms with Gasteiger partial charge in [0.15, 0.2) is 5.96 Å². The highest BCUT2D eigenvalue weighted by molar-refractivity contribution is 14.0. The zero-order chi connectivity index (χ0) is 18.8. The van der Waals surface area contributed by atoms with Crippen molar-refractivity contribution in [2.75, 3.05) is 20.1 Å². The highest BCUT2D eigenvalue weighted by atomic mass is 127. The first-order valence-corrected chi connectivity index (χ1v) is 8.69. The van der Waals surface area contributed by atoms with Crippen molar-refractivity contribution >= 4 is 35.8 Å². The average molecular weight is 484 g/mol. The van der Waals surface area contributed by atoms with Gasteiger partial charge in [0.1, 0.15) is 5.82 Å². The Hall–Kier alpha value is -2.16. The van der Waals surface area contributed by atoms with Gasteiger partial charge in [-0.2, -0.15) is 0 Å². The first-order valence-electron chi connectivity index (χ1n) is 8.69. The highest BCUT2D eigenvalue weighted by Crippen LogP contribution is 2.07. The summed E-state index contributed by atoms with van der Waals surface area (Å²) < 4.78 is 13.6. The molecule has 146 valence electrons. The van der Waals surface area contributed by atoms with Gasteiger partial charge in [-0.3, -0.25) is 9.79 Å². The maximum absolute atomic E-state index is 13.6. The number of nitrogens with zero attached hydrogens (tertiary/aromatic N) is 1. The Kier molecular flexibility index (Phi) is 10.4. The van der Waals surface area contributed by atoms with Gasteiger partial charge in [-0.1, -0.05) is 30.3 Å². The minimum Gasteiger partial charge on any atom is -0.356 e. The van der Waals surface area contributed by atoms with E-state index in [9.17, 15) is 9.18 Å². The van der Waals surface area contributed by atoms with Crippen molar-refractivity contribution < 1.29 is 9.18 Å². The van der Waals surface area contributed by atoms with Gasteiger partial charge in [0.05, 0.1) is 0 Å². The van der Waals surface area contributed by atoms with Crippen LogP contribution in [0.3, 0.4) is 0 Å². The number of aliphatic imine (C=N–C) groups is 1. The molecule has 0 bridgehead atoms. The van der Waals surface area contributed by atoms with E-state index in [-0.39, 0.29) is 35.7 Å². The molecular formula is C20H26FIN4O. The molecule has 0 atom stereocenters. The van der Waals surface area contributed by atoms with E-state index in [2.05, 4.69) is 20.9 Å². The van der Waals surface area contributed by atoms with Crippen LogP contribution in [-0.4, -0.2) is 32.0 Å². The molecule has 0 aliphatic rings. The number of halogens is 2. The Morgan fingerprint density at radius 2 is 1.85 bits per heavy atom. The zero-order valence-electron chi connectivity index (χ0n) is 15.6. The number of guanidine groups is 1. The fourth-order valence-electron chi connectivity index (χ4n) is 2.51. The van der Waals surface area contributed by atoms with Crippen molar-refractivity contribution in [3.63, 3.8) is 0 Å². The molecule has 0 fully saturated rings. The van der Waals surface area contributed by atoms with E-state index in [0.717, 1.165) is 5.56 Å². The number of hydrogen-bond donors (Lipinski definition) is 3. The predicted molar refractivity (Wildman–Crippen MR) is 118 cm³/mol. The predicted octanol–water partition coefficient (Wildman–Crippen LogP) is 3.10. The summed E-state index contributed by atoms with van der Waals surface area (Å²) in [5.74, 6) is 0.353. The van der Waals surface area contributed by atoms with Gasteiger partial charge < -0.3 is 16.0 Å². The molecule has 0 heterocycles. The lowest BCUT2D eigenvalue weighted by Crippen LogP contribution is -2.38. The van der Waals surface area contributed by atoms with Gasteiger partial charge in [0.2, 0.25) is 0 Å². The number of carbonyl (C=O) groups is 1. The van der Waals surface area contributed by atoms with Crippen molar-refractivity contribution in [1.29, 1.82) is 0 Å². The van der Waals surface area contributed by atoms with Crippen LogP contribution < -0.4 is 16.0 Å². The molecule has 2 aromatic rings. The Balaban J connectivity index is 0.00000364. The standard InChI is InChI=1S/C20H25FN4O.HI/c1-3-23-19(26)17-9-6-7-15(13-17)14-25-20(22-2)24-12-11-16-8-4-5-10-18(16)21;/h4-10,13H,3,11-12,14H2,1-2H3,(H,23,26)(H2,22,24,25);1H. The second-order valence-corrected chi connectivity index (χ2v) is 5.75. The Bertz CT molecular complexity index is 767. The van der Waals surface area contributed by atoms with Crippen LogP contribution in [0.2, 0.25) is 0 Å². The normalized spacial score (nSPS) is 10.7. The number of hydrogen-bond acceptors (Lipinski definition) is 2. The smallest absolute Gasteiger partial charge is 0.251 e. The summed E-state index contributed by atoms with van der Waals surface area (Å²) >= 11 is 0. The van der Waals surface area contributed by atoms with E-state index < -0.39 is 0 Å². The van der Waals surface area contributed by atoms with Gasteiger partial charge in [0.25, 0.3) is 5.91 Å². The summed E-state index contributed by atoms with van der Waals surface area (Å²) in [4.78, 5) is 16.1. The number of nitrogens with one attached hydrogen (secondary N) is 3. The molecular weight excluding hydrogens is 458 g/mol. The van der Waals surface area contributed by atoms with Crippen molar-refractivity contribution in [3.8, 4) is 0 Å². The minimum absolute atomic E-state index is 0. The molecule has 2 rings (SSSR count). The molecule has 0 aromatic heterocycles. The van der Waals surface area contributed by atoms with Crippen molar-refractivity contribution in [1.82, 2.24) is 16.0 Å². The van der Waals surface area contributed by atoms with Crippen LogP contribution in [-0.2, 0) is 13.0 Å². The van der Waals surface area contributed by atoms with Crippen LogP contribution in [0.25, 0.3) is 0 Å². The molecule has 7 heteroatoms. The van der Waals surface area contributed by atoms with E-state index in [1.807, 2.05) is 31.2 Å². The number of carbonyl (C=O) groups excluding carboxylic acids is 1. The van der Waals surface area contributed by atoms with E-state index in [0.29, 0.717) is 43.1 Å². The lowest BCUT2D eigenvalue weighted by molar-refractivity contribution is 0.0955. The molecule has 5 nitrogen and oxygen atoms in total. The first-order chi connectivity index (χ1) is 12.6. The molecule has 3 N–H and O–H groups in total. The molecule has 0 unspecified atom stereocenters.